The molecule has 0 unspecified atom stereocenters. The van der Waals surface area contributed by atoms with Crippen LogP contribution >= 0.6 is 79.4 Å². The second-order valence-corrected chi connectivity index (χ2v) is 19.5. The van der Waals surface area contributed by atoms with Crippen molar-refractivity contribution in [3.8, 4) is 0 Å². The van der Waals surface area contributed by atoms with Crippen LogP contribution in [0, 0.1) is 0 Å². The van der Waals surface area contributed by atoms with Gasteiger partial charge in [-0.25, -0.2) is 0 Å². The third-order valence-electron chi connectivity index (χ3n) is 2.10. The van der Waals surface area contributed by atoms with Crippen LogP contribution in [0.25, 0.3) is 0 Å². The van der Waals surface area contributed by atoms with Gasteiger partial charge in [-0.15, -0.1) is 0 Å². The van der Waals surface area contributed by atoms with Crippen molar-refractivity contribution < 1.29 is 0 Å². The highest BCUT2D eigenvalue weighted by atomic mass is 36.2. The molecule has 15 heavy (non-hydrogen) atoms. The predicted octanol–water partition coefficient (Wildman–Crippen LogP) is 7.47. The number of rotatable bonds is 4. The molecule has 0 bridgehead atoms. The highest BCUT2D eigenvalue weighted by Crippen LogP contribution is 2.78. The third kappa shape index (κ3) is 4.90. The maximum Gasteiger partial charge on any atom is 0.0347 e. The smallest absolute Gasteiger partial charge is 0.0347 e. The first-order valence-corrected chi connectivity index (χ1v) is 12.3. The maximum atomic E-state index is 5.98. The zero-order valence-corrected chi connectivity index (χ0v) is 15.0. The van der Waals surface area contributed by atoms with Gasteiger partial charge in [0.1, 0.15) is 0 Å². The fraction of sp³-hybridized carbons (Fsp3) is 1.00. The predicted molar refractivity (Wildman–Crippen MR) is 83.1 cm³/mol. The summed E-state index contributed by atoms with van der Waals surface area (Å²) in [5, 5.41) is 0. The summed E-state index contributed by atoms with van der Waals surface area (Å²) in [6.45, 7) is 7.53. The Balaban J connectivity index is 4.89. The van der Waals surface area contributed by atoms with E-state index in [9.17, 15) is 0 Å². The summed E-state index contributed by atoms with van der Waals surface area (Å²) in [7, 11) is 31.4. The largest absolute Gasteiger partial charge is 0.0488 e. The number of hydrogen-bond donors (Lipinski definition) is 0. The average molecular weight is 375 g/mol. The van der Waals surface area contributed by atoms with Crippen LogP contribution in [0.3, 0.4) is 0 Å². The lowest BCUT2D eigenvalue weighted by atomic mass is 9.99. The topological polar surface area (TPSA) is 0 Å². The summed E-state index contributed by atoms with van der Waals surface area (Å²) < 4.78 is -0.948. The van der Waals surface area contributed by atoms with Crippen molar-refractivity contribution in [2.75, 3.05) is 0 Å². The fourth-order valence-corrected chi connectivity index (χ4v) is 3.31. The average Bonchev–Trinajstić information content (AvgIpc) is 1.77. The van der Waals surface area contributed by atoms with E-state index in [0.717, 1.165) is 0 Å². The molecule has 0 N–H and O–H groups in total. The minimum Gasteiger partial charge on any atom is -0.0488 e. The minimum atomic E-state index is -2.24. The first kappa shape index (κ1) is 17.4. The second kappa shape index (κ2) is 5.21. The third-order valence-corrected chi connectivity index (χ3v) is 12.4. The summed E-state index contributed by atoms with van der Waals surface area (Å²) in [6.07, 6.45) is 0.553. The van der Waals surface area contributed by atoms with Gasteiger partial charge in [0.15, 0.2) is 0 Å². The van der Waals surface area contributed by atoms with E-state index in [-0.39, 0.29) is 0 Å². The Hall–Kier alpha value is 2.44. The lowest BCUT2D eigenvalue weighted by Crippen LogP contribution is -2.33. The van der Waals surface area contributed by atoms with Gasteiger partial charge in [0.05, 0.1) is 0 Å². The van der Waals surface area contributed by atoms with E-state index < -0.39 is 24.8 Å². The molecule has 0 atom stereocenters. The van der Waals surface area contributed by atoms with Crippen molar-refractivity contribution in [3.05, 3.63) is 0 Å². The molecule has 0 radical (unpaired) electrons. The summed E-state index contributed by atoms with van der Waals surface area (Å²) in [5.41, 5.74) is 0. The van der Waals surface area contributed by atoms with E-state index in [2.05, 4.69) is 0 Å². The molecule has 0 aromatic carbocycles. The SMILES string of the molecule is CC(C)(CC(C)(C)S(Cl)(Cl)Cl)S(Cl)(Cl)Cl. The molecule has 0 amide bonds. The molecule has 0 spiro atoms. The molecular formula is C7H14Cl6S2. The first-order valence-electron chi connectivity index (χ1n) is 4.04. The molecule has 0 fully saturated rings. The van der Waals surface area contributed by atoms with Gasteiger partial charge in [0.25, 0.3) is 0 Å². The molecule has 96 valence electrons. The maximum absolute atomic E-state index is 5.98. The molecule has 0 aliphatic heterocycles. The Morgan fingerprint density at radius 3 is 1.00 bits per heavy atom. The van der Waals surface area contributed by atoms with Crippen molar-refractivity contribution in [2.45, 2.75) is 43.6 Å². The molecule has 0 aromatic rings. The molecule has 0 saturated heterocycles. The summed E-state index contributed by atoms with van der Waals surface area (Å²) in [6, 6.07) is 0. The van der Waals surface area contributed by atoms with Gasteiger partial charge in [0.2, 0.25) is 0 Å². The number of hydrogen-bond acceptors (Lipinski definition) is 0. The fourth-order valence-electron chi connectivity index (χ4n) is 1.19. The normalized spacial score (nSPS) is 17.7. The molecule has 0 aliphatic rings. The van der Waals surface area contributed by atoms with Gasteiger partial charge in [-0.2, -0.15) is 0 Å². The van der Waals surface area contributed by atoms with Crippen LogP contribution in [0.15, 0.2) is 0 Å². The van der Waals surface area contributed by atoms with Gasteiger partial charge in [0, 0.05) is 24.8 Å². The van der Waals surface area contributed by atoms with Crippen molar-refractivity contribution in [1.29, 1.82) is 0 Å². The Morgan fingerprint density at radius 2 is 0.867 bits per heavy atom. The molecule has 8 heteroatoms. The quantitative estimate of drug-likeness (QED) is 0.478. The first-order chi connectivity index (χ1) is 6.21. The highest BCUT2D eigenvalue weighted by molar-refractivity contribution is 8.80. The Kier molecular flexibility index (Phi) is 6.05. The number of halogens is 6. The van der Waals surface area contributed by atoms with Crippen molar-refractivity contribution in [2.24, 2.45) is 0 Å². The van der Waals surface area contributed by atoms with E-state index in [4.69, 9.17) is 64.1 Å². The molecule has 0 saturated carbocycles. The zero-order chi connectivity index (χ0) is 12.7. The lowest BCUT2D eigenvalue weighted by molar-refractivity contribution is 0.541. The molecule has 0 heterocycles. The standard InChI is InChI=1S/C7H14Cl6S2/c1-6(2,14(8,9)10)5-7(3,4)15(11,12)13/h5H2,1-4H3. The monoisotopic (exact) mass is 372 g/mol. The van der Waals surface area contributed by atoms with E-state index in [1.54, 1.807) is 0 Å². The van der Waals surface area contributed by atoms with E-state index in [1.807, 2.05) is 27.7 Å². The summed E-state index contributed by atoms with van der Waals surface area (Å²) in [5.74, 6) is 0. The van der Waals surface area contributed by atoms with Gasteiger partial charge in [-0.3, -0.25) is 0 Å². The molecule has 0 rings (SSSR count). The van der Waals surface area contributed by atoms with Crippen LogP contribution < -0.4 is 0 Å². The Labute approximate surface area is 122 Å². The highest BCUT2D eigenvalue weighted by Gasteiger charge is 2.46. The van der Waals surface area contributed by atoms with Crippen molar-refractivity contribution in [3.63, 3.8) is 0 Å². The van der Waals surface area contributed by atoms with Crippen molar-refractivity contribution >= 4 is 79.4 Å². The molecule has 0 aromatic heterocycles. The van der Waals surface area contributed by atoms with Crippen LogP contribution in [0.5, 0.6) is 0 Å². The van der Waals surface area contributed by atoms with Crippen LogP contribution in [-0.4, -0.2) is 9.49 Å². The summed E-state index contributed by atoms with van der Waals surface area (Å²) in [4.78, 5) is 0. The van der Waals surface area contributed by atoms with Crippen LogP contribution in [-0.2, 0) is 0 Å². The van der Waals surface area contributed by atoms with Gasteiger partial charge < -0.3 is 0 Å². The van der Waals surface area contributed by atoms with Gasteiger partial charge >= 0.3 is 0 Å². The van der Waals surface area contributed by atoms with Crippen LogP contribution in [0.2, 0.25) is 0 Å². The molecular weight excluding hydrogens is 361 g/mol. The van der Waals surface area contributed by atoms with Gasteiger partial charge in [-0.05, 0) is 98.2 Å². The minimum absolute atomic E-state index is 0.474. The Bertz CT molecular complexity index is 203. The van der Waals surface area contributed by atoms with Crippen LogP contribution in [0.1, 0.15) is 34.1 Å². The van der Waals surface area contributed by atoms with Crippen molar-refractivity contribution in [1.82, 2.24) is 0 Å². The second-order valence-electron chi connectivity index (χ2n) is 4.51. The zero-order valence-electron chi connectivity index (χ0n) is 8.79. The molecule has 0 aliphatic carbocycles. The van der Waals surface area contributed by atoms with Gasteiger partial charge in [-0.1, -0.05) is 0 Å². The molecule has 0 nitrogen and oxygen atoms in total. The Morgan fingerprint density at radius 1 is 0.667 bits per heavy atom. The lowest BCUT2D eigenvalue weighted by Gasteiger charge is -2.45. The van der Waals surface area contributed by atoms with E-state index in [0.29, 0.717) is 6.42 Å². The van der Waals surface area contributed by atoms with E-state index in [1.165, 1.54) is 0 Å². The summed E-state index contributed by atoms with van der Waals surface area (Å²) >= 11 is 0. The van der Waals surface area contributed by atoms with Crippen LogP contribution in [0.4, 0.5) is 0 Å². The van der Waals surface area contributed by atoms with E-state index >= 15 is 0 Å².